The van der Waals surface area contributed by atoms with E-state index in [-0.39, 0.29) is 10.8 Å². The second-order valence-corrected chi connectivity index (χ2v) is 5.68. The van der Waals surface area contributed by atoms with E-state index < -0.39 is 18.0 Å². The molecule has 23 heavy (non-hydrogen) atoms. The molecule has 1 N–H and O–H groups in total. The van der Waals surface area contributed by atoms with Crippen LogP contribution in [-0.2, 0) is 9.53 Å². The number of amides is 1. The van der Waals surface area contributed by atoms with Crippen molar-refractivity contribution in [1.29, 1.82) is 0 Å². The normalized spacial score (nSPS) is 11.7. The molecular formula is C16H14Cl2N2O3. The average molecular weight is 353 g/mol. The zero-order valence-corrected chi connectivity index (χ0v) is 14.0. The third kappa shape index (κ3) is 4.43. The minimum atomic E-state index is -1.00. The summed E-state index contributed by atoms with van der Waals surface area (Å²) in [4.78, 5) is 28.1. The number of nitrogens with zero attached hydrogens (tertiary/aromatic N) is 1. The molecule has 0 saturated carbocycles. The van der Waals surface area contributed by atoms with Crippen LogP contribution in [0.2, 0.25) is 10.0 Å². The standard InChI is InChI=1S/C16H14Cl2N2O3/c1-9-5-3-4-6-12(9)16(22)23-10(2)15(21)20-14-13(18)7-11(17)8-19-14/h3-8,10H,1-2H3,(H,19,20,21). The number of pyridine rings is 1. The summed E-state index contributed by atoms with van der Waals surface area (Å²) in [6.07, 6.45) is 0.350. The summed E-state index contributed by atoms with van der Waals surface area (Å²) in [5, 5.41) is 3.04. The minimum absolute atomic E-state index is 0.153. The Balaban J connectivity index is 2.03. The Morgan fingerprint density at radius 3 is 2.61 bits per heavy atom. The quantitative estimate of drug-likeness (QED) is 0.847. The topological polar surface area (TPSA) is 68.3 Å². The van der Waals surface area contributed by atoms with Crippen molar-refractivity contribution in [2.24, 2.45) is 0 Å². The number of benzene rings is 1. The molecule has 2 aromatic rings. The molecular weight excluding hydrogens is 339 g/mol. The van der Waals surface area contributed by atoms with Gasteiger partial charge >= 0.3 is 5.97 Å². The molecule has 0 spiro atoms. The monoisotopic (exact) mass is 352 g/mol. The van der Waals surface area contributed by atoms with Crippen molar-refractivity contribution in [2.45, 2.75) is 20.0 Å². The van der Waals surface area contributed by atoms with E-state index in [1.54, 1.807) is 25.1 Å². The van der Waals surface area contributed by atoms with Gasteiger partial charge in [0, 0.05) is 6.20 Å². The van der Waals surface area contributed by atoms with Gasteiger partial charge in [0.05, 0.1) is 15.6 Å². The van der Waals surface area contributed by atoms with E-state index in [4.69, 9.17) is 27.9 Å². The lowest BCUT2D eigenvalue weighted by Crippen LogP contribution is -2.30. The molecule has 5 nitrogen and oxygen atoms in total. The highest BCUT2D eigenvalue weighted by atomic mass is 35.5. The molecule has 1 aromatic heterocycles. The molecule has 120 valence electrons. The number of nitrogens with one attached hydrogen (secondary N) is 1. The van der Waals surface area contributed by atoms with Gasteiger partial charge in [-0.2, -0.15) is 0 Å². The number of anilines is 1. The Bertz CT molecular complexity index is 750. The van der Waals surface area contributed by atoms with Crippen LogP contribution in [0.5, 0.6) is 0 Å². The molecule has 0 aliphatic heterocycles. The summed E-state index contributed by atoms with van der Waals surface area (Å²) in [5.74, 6) is -0.954. The maximum atomic E-state index is 12.1. The van der Waals surface area contributed by atoms with Gasteiger partial charge in [-0.1, -0.05) is 41.4 Å². The first-order valence-electron chi connectivity index (χ1n) is 6.77. The van der Waals surface area contributed by atoms with E-state index in [1.807, 2.05) is 6.07 Å². The molecule has 0 saturated heterocycles. The molecule has 1 heterocycles. The molecule has 7 heteroatoms. The zero-order valence-electron chi connectivity index (χ0n) is 12.5. The van der Waals surface area contributed by atoms with Crippen molar-refractivity contribution in [3.05, 3.63) is 57.7 Å². The number of carbonyl (C=O) groups excluding carboxylic acids is 2. The third-order valence-electron chi connectivity index (χ3n) is 3.07. The fourth-order valence-electron chi connectivity index (χ4n) is 1.80. The molecule has 0 aliphatic carbocycles. The minimum Gasteiger partial charge on any atom is -0.449 e. The number of rotatable bonds is 4. The van der Waals surface area contributed by atoms with Crippen LogP contribution >= 0.6 is 23.2 Å². The van der Waals surface area contributed by atoms with Gasteiger partial charge in [0.2, 0.25) is 0 Å². The van der Waals surface area contributed by atoms with Crippen LogP contribution in [0, 0.1) is 6.92 Å². The van der Waals surface area contributed by atoms with Gasteiger partial charge in [0.25, 0.3) is 5.91 Å². The smallest absolute Gasteiger partial charge is 0.339 e. The predicted octanol–water partition coefficient (Wildman–Crippen LogP) is 3.88. The Labute approximate surface area is 143 Å². The molecule has 0 bridgehead atoms. The first-order chi connectivity index (χ1) is 10.9. The number of halogens is 2. The Kier molecular flexibility index (Phi) is 5.58. The van der Waals surface area contributed by atoms with Crippen LogP contribution in [0.25, 0.3) is 0 Å². The lowest BCUT2D eigenvalue weighted by Gasteiger charge is -2.14. The first kappa shape index (κ1) is 17.2. The Morgan fingerprint density at radius 2 is 1.96 bits per heavy atom. The van der Waals surface area contributed by atoms with Crippen molar-refractivity contribution >= 4 is 40.9 Å². The van der Waals surface area contributed by atoms with Crippen LogP contribution in [0.1, 0.15) is 22.8 Å². The SMILES string of the molecule is Cc1ccccc1C(=O)OC(C)C(=O)Nc1ncc(Cl)cc1Cl. The van der Waals surface area contributed by atoms with E-state index in [2.05, 4.69) is 10.3 Å². The van der Waals surface area contributed by atoms with E-state index in [0.29, 0.717) is 10.6 Å². The van der Waals surface area contributed by atoms with E-state index in [9.17, 15) is 9.59 Å². The van der Waals surface area contributed by atoms with E-state index >= 15 is 0 Å². The number of aromatic nitrogens is 1. The summed E-state index contributed by atoms with van der Waals surface area (Å²) in [6, 6.07) is 8.43. The predicted molar refractivity (Wildman–Crippen MR) is 88.9 cm³/mol. The van der Waals surface area contributed by atoms with Crippen LogP contribution in [0.15, 0.2) is 36.5 Å². The molecule has 0 radical (unpaired) electrons. The maximum Gasteiger partial charge on any atom is 0.339 e. The van der Waals surface area contributed by atoms with Crippen LogP contribution in [-0.4, -0.2) is 23.0 Å². The summed E-state index contributed by atoms with van der Waals surface area (Å²) >= 11 is 11.7. The third-order valence-corrected chi connectivity index (χ3v) is 3.56. The van der Waals surface area contributed by atoms with Gasteiger partial charge in [-0.05, 0) is 31.5 Å². The maximum absolute atomic E-state index is 12.1. The molecule has 1 amide bonds. The number of carbonyl (C=O) groups is 2. The molecule has 1 atom stereocenters. The first-order valence-corrected chi connectivity index (χ1v) is 7.52. The fourth-order valence-corrected chi connectivity index (χ4v) is 2.23. The van der Waals surface area contributed by atoms with E-state index in [1.165, 1.54) is 19.2 Å². The second kappa shape index (κ2) is 7.44. The Morgan fingerprint density at radius 1 is 1.26 bits per heavy atom. The van der Waals surface area contributed by atoms with Crippen molar-refractivity contribution in [3.8, 4) is 0 Å². The van der Waals surface area contributed by atoms with Gasteiger partial charge in [-0.25, -0.2) is 9.78 Å². The molecule has 2 rings (SSSR count). The highest BCUT2D eigenvalue weighted by Gasteiger charge is 2.21. The lowest BCUT2D eigenvalue weighted by atomic mass is 10.1. The molecule has 0 aliphatic rings. The van der Waals surface area contributed by atoms with Crippen molar-refractivity contribution in [2.75, 3.05) is 5.32 Å². The second-order valence-electron chi connectivity index (χ2n) is 4.84. The number of hydrogen-bond donors (Lipinski definition) is 1. The summed E-state index contributed by atoms with van der Waals surface area (Å²) in [5.41, 5.74) is 1.18. The fraction of sp³-hybridized carbons (Fsp3) is 0.188. The van der Waals surface area contributed by atoms with Gasteiger partial charge in [-0.15, -0.1) is 0 Å². The number of esters is 1. The van der Waals surface area contributed by atoms with Gasteiger partial charge in [0.1, 0.15) is 0 Å². The molecule has 0 fully saturated rings. The largest absolute Gasteiger partial charge is 0.449 e. The van der Waals surface area contributed by atoms with Crippen LogP contribution < -0.4 is 5.32 Å². The lowest BCUT2D eigenvalue weighted by molar-refractivity contribution is -0.123. The summed E-state index contributed by atoms with van der Waals surface area (Å²) in [6.45, 7) is 3.26. The summed E-state index contributed by atoms with van der Waals surface area (Å²) < 4.78 is 5.17. The van der Waals surface area contributed by atoms with Crippen molar-refractivity contribution < 1.29 is 14.3 Å². The van der Waals surface area contributed by atoms with Crippen molar-refractivity contribution in [1.82, 2.24) is 4.98 Å². The summed E-state index contributed by atoms with van der Waals surface area (Å²) in [7, 11) is 0. The van der Waals surface area contributed by atoms with Gasteiger partial charge in [0.15, 0.2) is 11.9 Å². The molecule has 1 aromatic carbocycles. The van der Waals surface area contributed by atoms with Crippen LogP contribution in [0.4, 0.5) is 5.82 Å². The highest BCUT2D eigenvalue weighted by molar-refractivity contribution is 6.36. The van der Waals surface area contributed by atoms with Crippen molar-refractivity contribution in [3.63, 3.8) is 0 Å². The zero-order chi connectivity index (χ0) is 17.0. The number of ether oxygens (including phenoxy) is 1. The number of aryl methyl sites for hydroxylation is 1. The highest BCUT2D eigenvalue weighted by Crippen LogP contribution is 2.22. The van der Waals surface area contributed by atoms with Gasteiger partial charge < -0.3 is 10.1 Å². The average Bonchev–Trinajstić information content (AvgIpc) is 2.50. The Hall–Kier alpha value is -2.11. The van der Waals surface area contributed by atoms with Crippen LogP contribution in [0.3, 0.4) is 0 Å². The number of hydrogen-bond acceptors (Lipinski definition) is 4. The van der Waals surface area contributed by atoms with Gasteiger partial charge in [-0.3, -0.25) is 4.79 Å². The van der Waals surface area contributed by atoms with E-state index in [0.717, 1.165) is 5.56 Å². The molecule has 1 unspecified atom stereocenters.